The first-order valence-electron chi connectivity index (χ1n) is 10.3. The summed E-state index contributed by atoms with van der Waals surface area (Å²) in [5.74, 6) is 3.85. The predicted molar refractivity (Wildman–Crippen MR) is 123 cm³/mol. The van der Waals surface area contributed by atoms with Gasteiger partial charge in [-0.15, -0.1) is 0 Å². The van der Waals surface area contributed by atoms with Crippen LogP contribution in [0.2, 0.25) is 0 Å². The number of carboxylic acid groups (broad SMARTS) is 1. The maximum Gasteiger partial charge on any atom is 0.407 e. The van der Waals surface area contributed by atoms with Crippen LogP contribution in [0.1, 0.15) is 28.2 Å². The lowest BCUT2D eigenvalue weighted by Crippen LogP contribution is -2.26. The quantitative estimate of drug-likeness (QED) is 0.440. The van der Waals surface area contributed by atoms with E-state index in [4.69, 9.17) is 9.84 Å². The van der Waals surface area contributed by atoms with Gasteiger partial charge >= 0.3 is 12.1 Å². The van der Waals surface area contributed by atoms with Crippen molar-refractivity contribution in [2.45, 2.75) is 5.92 Å². The smallest absolute Gasteiger partial charge is 0.407 e. The number of amides is 1. The van der Waals surface area contributed by atoms with Crippen molar-refractivity contribution in [3.05, 3.63) is 101 Å². The van der Waals surface area contributed by atoms with E-state index < -0.39 is 17.9 Å². The number of carbonyl (C=O) groups excluding carboxylic acids is 1. The second-order valence-corrected chi connectivity index (χ2v) is 7.39. The SMILES string of the molecule is O=C(O)/C=C/c1cc(C#CCNC(=O)OCC2c3ccccc3-c3ccccc32)ccc1F. The summed E-state index contributed by atoms with van der Waals surface area (Å²) in [6.45, 7) is 0.263. The standard InChI is InChI=1S/C27H20FNO4/c28-25-13-11-18(16-19(25)12-14-26(30)31)6-5-15-29-27(32)33-17-24-22-9-3-1-7-20(22)21-8-2-4-10-23(21)24/h1-4,7-14,16,24H,15,17H2,(H,29,32)(H,30,31)/b14-12+. The normalized spacial score (nSPS) is 11.9. The average molecular weight is 441 g/mol. The summed E-state index contributed by atoms with van der Waals surface area (Å²) in [4.78, 5) is 22.8. The number of hydrogen-bond acceptors (Lipinski definition) is 3. The van der Waals surface area contributed by atoms with Crippen molar-refractivity contribution >= 4 is 18.1 Å². The van der Waals surface area contributed by atoms with Gasteiger partial charge in [-0.05, 0) is 46.5 Å². The lowest BCUT2D eigenvalue weighted by molar-refractivity contribution is -0.131. The summed E-state index contributed by atoms with van der Waals surface area (Å²) < 4.78 is 19.2. The monoisotopic (exact) mass is 441 g/mol. The first-order chi connectivity index (χ1) is 16.0. The number of fused-ring (bicyclic) bond motifs is 3. The van der Waals surface area contributed by atoms with Crippen LogP contribution >= 0.6 is 0 Å². The Labute approximate surface area is 190 Å². The minimum Gasteiger partial charge on any atom is -0.478 e. The van der Waals surface area contributed by atoms with Crippen LogP contribution in [-0.2, 0) is 9.53 Å². The molecule has 0 fully saturated rings. The lowest BCUT2D eigenvalue weighted by atomic mass is 9.98. The first-order valence-corrected chi connectivity index (χ1v) is 10.3. The van der Waals surface area contributed by atoms with Crippen molar-refractivity contribution in [1.29, 1.82) is 0 Å². The maximum absolute atomic E-state index is 13.7. The zero-order valence-electron chi connectivity index (χ0n) is 17.5. The van der Waals surface area contributed by atoms with E-state index in [-0.39, 0.29) is 24.6 Å². The molecule has 3 aromatic carbocycles. The fraction of sp³-hybridized carbons (Fsp3) is 0.111. The molecule has 1 aliphatic carbocycles. The highest BCUT2D eigenvalue weighted by Gasteiger charge is 2.28. The number of benzene rings is 3. The molecule has 0 aliphatic heterocycles. The highest BCUT2D eigenvalue weighted by Crippen LogP contribution is 2.44. The highest BCUT2D eigenvalue weighted by molar-refractivity contribution is 5.85. The molecule has 5 nitrogen and oxygen atoms in total. The third-order valence-corrected chi connectivity index (χ3v) is 5.30. The zero-order valence-corrected chi connectivity index (χ0v) is 17.5. The van der Waals surface area contributed by atoms with Crippen LogP contribution in [-0.4, -0.2) is 30.3 Å². The predicted octanol–water partition coefficient (Wildman–Crippen LogP) is 4.81. The Bertz CT molecular complexity index is 1260. The van der Waals surface area contributed by atoms with Gasteiger partial charge in [-0.25, -0.2) is 14.0 Å². The molecule has 0 bridgehead atoms. The molecule has 0 heterocycles. The van der Waals surface area contributed by atoms with Gasteiger partial charge in [0.1, 0.15) is 12.4 Å². The van der Waals surface area contributed by atoms with Crippen LogP contribution in [0.25, 0.3) is 17.2 Å². The molecule has 164 valence electrons. The number of rotatable bonds is 5. The minimum absolute atomic E-state index is 0.0225. The Balaban J connectivity index is 1.33. The topological polar surface area (TPSA) is 75.6 Å². The average Bonchev–Trinajstić information content (AvgIpc) is 3.14. The van der Waals surface area contributed by atoms with Gasteiger partial charge in [0, 0.05) is 23.1 Å². The minimum atomic E-state index is -1.17. The Hall–Kier alpha value is -4.37. The number of ether oxygens (including phenoxy) is 1. The molecular formula is C27H20FNO4. The van der Waals surface area contributed by atoms with Gasteiger partial charge in [0.05, 0.1) is 6.54 Å². The van der Waals surface area contributed by atoms with Gasteiger partial charge in [-0.1, -0.05) is 60.4 Å². The molecule has 4 rings (SSSR count). The highest BCUT2D eigenvalue weighted by atomic mass is 19.1. The number of alkyl carbamates (subject to hydrolysis) is 1. The van der Waals surface area contributed by atoms with Gasteiger partial charge < -0.3 is 15.2 Å². The summed E-state index contributed by atoms with van der Waals surface area (Å²) in [7, 11) is 0. The number of aliphatic carboxylic acids is 1. The number of nitrogens with one attached hydrogen (secondary N) is 1. The van der Waals surface area contributed by atoms with Crippen molar-refractivity contribution in [1.82, 2.24) is 5.32 Å². The lowest BCUT2D eigenvalue weighted by Gasteiger charge is -2.14. The van der Waals surface area contributed by atoms with E-state index in [0.717, 1.165) is 34.4 Å². The van der Waals surface area contributed by atoms with Crippen molar-refractivity contribution in [3.8, 4) is 23.0 Å². The van der Waals surface area contributed by atoms with Crippen LogP contribution in [0.15, 0.2) is 72.8 Å². The number of hydrogen-bond donors (Lipinski definition) is 2. The molecule has 33 heavy (non-hydrogen) atoms. The van der Waals surface area contributed by atoms with Crippen LogP contribution in [0.3, 0.4) is 0 Å². The van der Waals surface area contributed by atoms with E-state index in [1.807, 2.05) is 24.3 Å². The van der Waals surface area contributed by atoms with E-state index in [2.05, 4.69) is 41.4 Å². The van der Waals surface area contributed by atoms with E-state index in [0.29, 0.717) is 5.56 Å². The molecule has 0 aromatic heterocycles. The Kier molecular flexibility index (Phi) is 6.51. The molecule has 0 spiro atoms. The fourth-order valence-corrected chi connectivity index (χ4v) is 3.82. The molecule has 2 N–H and O–H groups in total. The van der Waals surface area contributed by atoms with Crippen molar-refractivity contribution < 1.29 is 23.8 Å². The molecular weight excluding hydrogens is 421 g/mol. The molecule has 1 amide bonds. The molecule has 0 atom stereocenters. The molecule has 0 saturated carbocycles. The second-order valence-electron chi connectivity index (χ2n) is 7.39. The van der Waals surface area contributed by atoms with Crippen LogP contribution in [0, 0.1) is 17.7 Å². The molecule has 0 unspecified atom stereocenters. The summed E-state index contributed by atoms with van der Waals surface area (Å²) in [6.07, 6.45) is 1.45. The number of halogens is 1. The summed E-state index contributed by atoms with van der Waals surface area (Å²) >= 11 is 0. The third kappa shape index (κ3) is 5.10. The van der Waals surface area contributed by atoms with Gasteiger partial charge in [0.15, 0.2) is 0 Å². The van der Waals surface area contributed by atoms with Crippen molar-refractivity contribution in [2.24, 2.45) is 0 Å². The maximum atomic E-state index is 13.7. The van der Waals surface area contributed by atoms with E-state index in [9.17, 15) is 14.0 Å². The third-order valence-electron chi connectivity index (χ3n) is 5.30. The van der Waals surface area contributed by atoms with Gasteiger partial charge in [-0.3, -0.25) is 0 Å². The second kappa shape index (κ2) is 9.84. The largest absolute Gasteiger partial charge is 0.478 e. The molecule has 3 aromatic rings. The summed E-state index contributed by atoms with van der Waals surface area (Å²) in [6, 6.07) is 20.3. The summed E-state index contributed by atoms with van der Waals surface area (Å²) in [5, 5.41) is 11.3. The van der Waals surface area contributed by atoms with E-state index in [1.54, 1.807) is 0 Å². The van der Waals surface area contributed by atoms with E-state index in [1.165, 1.54) is 18.2 Å². The Morgan fingerprint density at radius 3 is 2.36 bits per heavy atom. The van der Waals surface area contributed by atoms with Crippen LogP contribution in [0.5, 0.6) is 0 Å². The Morgan fingerprint density at radius 2 is 1.70 bits per heavy atom. The van der Waals surface area contributed by atoms with Gasteiger partial charge in [-0.2, -0.15) is 0 Å². The van der Waals surface area contributed by atoms with E-state index >= 15 is 0 Å². The molecule has 6 heteroatoms. The van der Waals surface area contributed by atoms with Crippen molar-refractivity contribution in [3.63, 3.8) is 0 Å². The first kappa shape index (κ1) is 21.8. The fourth-order valence-electron chi connectivity index (χ4n) is 3.82. The summed E-state index contributed by atoms with van der Waals surface area (Å²) in [5.41, 5.74) is 5.20. The van der Waals surface area contributed by atoms with Gasteiger partial charge in [0.2, 0.25) is 0 Å². The molecule has 1 aliphatic rings. The van der Waals surface area contributed by atoms with Crippen LogP contribution < -0.4 is 5.32 Å². The van der Waals surface area contributed by atoms with Crippen molar-refractivity contribution in [2.75, 3.05) is 13.2 Å². The zero-order chi connectivity index (χ0) is 23.2. The molecule has 0 radical (unpaired) electrons. The number of carbonyl (C=O) groups is 2. The number of carboxylic acids is 1. The van der Waals surface area contributed by atoms with Gasteiger partial charge in [0.25, 0.3) is 0 Å². The molecule has 0 saturated heterocycles. The van der Waals surface area contributed by atoms with Crippen LogP contribution in [0.4, 0.5) is 9.18 Å². The Morgan fingerprint density at radius 1 is 1.03 bits per heavy atom.